The maximum absolute atomic E-state index is 7.52. The Kier molecular flexibility index (Phi) is 24.8. The second-order valence-corrected chi connectivity index (χ2v) is 48.5. The van der Waals surface area contributed by atoms with Crippen LogP contribution >= 0.6 is 0 Å². The van der Waals surface area contributed by atoms with Gasteiger partial charge < -0.3 is 19.6 Å². The lowest BCUT2D eigenvalue weighted by Crippen LogP contribution is -2.68. The average Bonchev–Trinajstić information content (AvgIpc) is 0.902. The highest BCUT2D eigenvalue weighted by atomic mass is 16.8. The van der Waals surface area contributed by atoms with Crippen LogP contribution in [0, 0.1) is 0 Å². The van der Waals surface area contributed by atoms with Crippen LogP contribution in [0.3, 0.4) is 0 Å². The molecule has 0 saturated carbocycles. The van der Waals surface area contributed by atoms with Crippen LogP contribution in [0.5, 0.6) is 0 Å². The van der Waals surface area contributed by atoms with Crippen molar-refractivity contribution in [2.45, 2.75) is 487 Å². The number of hydrogen-bond donors (Lipinski definition) is 2. The summed E-state index contributed by atoms with van der Waals surface area (Å²) in [5, 5.41) is 15.4. The maximum atomic E-state index is 7.52. The Morgan fingerprint density at radius 3 is 0.625 bits per heavy atom. The van der Waals surface area contributed by atoms with Gasteiger partial charge in [-0.15, -0.1) is 10.2 Å². The molecule has 2 N–H and O–H groups in total. The molecule has 0 aromatic carbocycles. The van der Waals surface area contributed by atoms with E-state index in [2.05, 4.69) is 360 Å². The van der Waals surface area contributed by atoms with Gasteiger partial charge in [0.1, 0.15) is 11.6 Å². The third-order valence-corrected chi connectivity index (χ3v) is 33.2. The van der Waals surface area contributed by atoms with Crippen molar-refractivity contribution in [3.63, 3.8) is 0 Å². The Bertz CT molecular complexity index is 2970. The van der Waals surface area contributed by atoms with Crippen LogP contribution in [0.1, 0.15) is 350 Å². The van der Waals surface area contributed by atoms with E-state index in [4.69, 9.17) is 19.9 Å². The van der Waals surface area contributed by atoms with Crippen molar-refractivity contribution in [2.75, 3.05) is 69.5 Å². The molecule has 0 radical (unpaired) electrons. The largest absolute Gasteiger partial charge is 0.352 e. The number of piperidine rings is 8. The van der Waals surface area contributed by atoms with Crippen LogP contribution in [0.2, 0.25) is 0 Å². The quantitative estimate of drug-likeness (QED) is 0.120. The summed E-state index contributed by atoms with van der Waals surface area (Å²) in [5.74, 6) is 4.28. The van der Waals surface area contributed by atoms with Gasteiger partial charge in [-0.2, -0.15) is 0 Å². The Morgan fingerprint density at radius 1 is 0.268 bits per heavy atom. The van der Waals surface area contributed by atoms with Crippen molar-refractivity contribution in [1.29, 1.82) is 0 Å². The molecule has 0 bridgehead atoms. The summed E-state index contributed by atoms with van der Waals surface area (Å²) in [5.41, 5.74) is 7.30. The van der Waals surface area contributed by atoms with E-state index < -0.39 is 0 Å². The number of rotatable bonds is 19. The Morgan fingerprint density at radius 2 is 0.438 bits per heavy atom. The second-order valence-electron chi connectivity index (χ2n) is 48.5. The number of hydrazone groups is 2. The zero-order valence-corrected chi connectivity index (χ0v) is 80.3. The number of hydrogen-bond acceptors (Lipinski definition) is 20. The van der Waals surface area contributed by atoms with E-state index in [-0.39, 0.29) is 137 Å². The number of nitrogens with zero attached hydrogens (tertiary/aromatic N) is 16. The molecule has 20 nitrogen and oxygen atoms in total. The Balaban J connectivity index is 1.05. The lowest BCUT2D eigenvalue weighted by Gasteiger charge is -2.61. The van der Waals surface area contributed by atoms with Crippen molar-refractivity contribution < 1.29 is 9.68 Å². The fraction of sp³-hybridized carbons (Fsp3) is 0.935. The molecule has 20 heteroatoms. The van der Waals surface area contributed by atoms with Gasteiger partial charge >= 0.3 is 0 Å². The van der Waals surface area contributed by atoms with Gasteiger partial charge in [-0.25, -0.2) is 20.5 Å². The molecular weight excluding hydrogens is 1390 g/mol. The highest BCUT2D eigenvalue weighted by Crippen LogP contribution is 2.51. The maximum Gasteiger partial charge on any atom is 0.157 e. The summed E-state index contributed by atoms with van der Waals surface area (Å²) in [4.78, 5) is 47.5. The first-order valence-corrected chi connectivity index (χ1v) is 44.7. The first kappa shape index (κ1) is 91.1. The summed E-state index contributed by atoms with van der Waals surface area (Å²) in [6.07, 6.45) is 25.2. The molecule has 10 rings (SSSR count). The van der Waals surface area contributed by atoms with E-state index in [0.717, 1.165) is 165 Å². The van der Waals surface area contributed by atoms with Crippen LogP contribution in [-0.4, -0.2) is 288 Å². The fourth-order valence-electron chi connectivity index (χ4n) is 24.8. The minimum absolute atomic E-state index is 0.0368. The minimum Gasteiger partial charge on any atom is -0.352 e. The van der Waals surface area contributed by atoms with Crippen LogP contribution in [-0.2, 0) is 9.68 Å². The van der Waals surface area contributed by atoms with Crippen LogP contribution in [0.25, 0.3) is 0 Å². The molecule has 0 amide bonds. The van der Waals surface area contributed by atoms with Gasteiger partial charge in [-0.05, 0) is 394 Å². The van der Waals surface area contributed by atoms with E-state index in [1.165, 1.54) is 0 Å². The summed E-state index contributed by atoms with van der Waals surface area (Å²) in [7, 11) is 18.8. The molecule has 0 aliphatic carbocycles. The van der Waals surface area contributed by atoms with E-state index in [0.29, 0.717) is 0 Å². The number of amidine groups is 2. The van der Waals surface area contributed by atoms with Gasteiger partial charge in [0.25, 0.3) is 0 Å². The molecule has 0 aromatic heterocycles. The topological polar surface area (TPSA) is 113 Å². The number of nitrogens with one attached hydrogen (secondary N) is 2. The predicted octanol–water partition coefficient (Wildman–Crippen LogP) is 16.8. The van der Waals surface area contributed by atoms with E-state index >= 15 is 0 Å². The number of likely N-dealkylation sites (tertiary alicyclic amines) is 8. The highest BCUT2D eigenvalue weighted by molar-refractivity contribution is 5.94. The summed E-state index contributed by atoms with van der Waals surface area (Å²) < 4.78 is 0. The minimum atomic E-state index is -0.0773. The second kappa shape index (κ2) is 30.5. The van der Waals surface area contributed by atoms with Gasteiger partial charge in [-0.1, -0.05) is 23.4 Å². The highest BCUT2D eigenvalue weighted by Gasteiger charge is 2.57. The standard InChI is InChI=1S/C92H176N18O2/c1-77(2)49-65(50-78(3,4)97(77)33)105(73-47-75(95-109(93-73)111-71-61-89(25,26)103(39)90(27,28)62-71)107(67-53-81(9,10)99(35)82(11,12)54-67)68-55-83(13,14)100(36)84(15,16)56-68)45-43-41-42-44-46-106(66-51-79(5,6)98(34)80(7,8)52-66)74-48-76(96-110(94-74)112-72-63-91(29,30)104(40)92(31,32)64-72)108(69-57-85(17,18)101(37)86(19,20)58-69)70-59-87(21,22)102(38)88(23,24)60-70/h47-48,65-72,95-96H,41-46,49-64H2,1-40H3. The average molecular weight is 1570 g/mol. The van der Waals surface area contributed by atoms with Crippen molar-refractivity contribution in [3.05, 3.63) is 23.8 Å². The van der Waals surface area contributed by atoms with Crippen LogP contribution < -0.4 is 10.9 Å². The van der Waals surface area contributed by atoms with Gasteiger partial charge in [-0.3, -0.25) is 39.2 Å². The van der Waals surface area contributed by atoms with Gasteiger partial charge in [0.2, 0.25) is 0 Å². The monoisotopic (exact) mass is 1570 g/mol. The van der Waals surface area contributed by atoms with E-state index in [1.807, 2.05) is 10.6 Å². The zero-order chi connectivity index (χ0) is 84.2. The first-order valence-electron chi connectivity index (χ1n) is 44.7. The van der Waals surface area contributed by atoms with Crippen molar-refractivity contribution in [1.82, 2.24) is 80.2 Å². The SMILES string of the molecule is CN1C(C)(C)CC(ON2N=C(N(CCCCCCN(C3=NN(OC4CC(C)(C)N(C)C(C)(C)C4)NC(N(C4CC(C)(C)N(C)C(C)(C)C4)C4CC(C)(C)N(C)C(C)(C)C4)=C3)C3CC(C)(C)N(C)C(C)(C)C3)C3CC(C)(C)N(C)C(C)(C)C3)C=C(N(C3CC(C)(C)N(C)C(C)(C)C3)C3CC(C)(C)N(C)C(C)(C)C3)N2)CC1(C)C. The predicted molar refractivity (Wildman–Crippen MR) is 470 cm³/mol. The van der Waals surface area contributed by atoms with E-state index in [9.17, 15) is 0 Å². The molecule has 10 heterocycles. The zero-order valence-electron chi connectivity index (χ0n) is 80.3. The summed E-state index contributed by atoms with van der Waals surface area (Å²) in [6, 6.07) is 1.49. The Hall–Kier alpha value is -3.18. The molecule has 10 aliphatic rings. The van der Waals surface area contributed by atoms with Gasteiger partial charge in [0, 0.05) is 150 Å². The van der Waals surface area contributed by atoms with Gasteiger partial charge in [0.05, 0.1) is 12.2 Å². The fourth-order valence-corrected chi connectivity index (χ4v) is 24.8. The molecule has 0 unspecified atom stereocenters. The van der Waals surface area contributed by atoms with Gasteiger partial charge in [0.15, 0.2) is 11.7 Å². The third-order valence-electron chi connectivity index (χ3n) is 33.2. The molecule has 0 spiro atoms. The smallest absolute Gasteiger partial charge is 0.157 e. The van der Waals surface area contributed by atoms with Crippen molar-refractivity contribution in [3.8, 4) is 0 Å². The number of unbranched alkanes of at least 4 members (excludes halogenated alkanes) is 3. The molecule has 646 valence electrons. The lowest BCUT2D eigenvalue weighted by atomic mass is 9.73. The van der Waals surface area contributed by atoms with Crippen molar-refractivity contribution in [2.24, 2.45) is 10.2 Å². The summed E-state index contributed by atoms with van der Waals surface area (Å²) >= 11 is 0. The molecule has 0 aromatic rings. The van der Waals surface area contributed by atoms with E-state index in [1.54, 1.807) is 0 Å². The normalized spacial score (nSPS) is 30.2. The van der Waals surface area contributed by atoms with Crippen molar-refractivity contribution >= 4 is 11.7 Å². The van der Waals surface area contributed by atoms with Crippen LogP contribution in [0.15, 0.2) is 34.0 Å². The molecular formula is C92H176N18O2. The molecule has 8 saturated heterocycles. The molecule has 10 aliphatic heterocycles. The molecule has 8 fully saturated rings. The summed E-state index contributed by atoms with van der Waals surface area (Å²) in [6.45, 7) is 80.4. The van der Waals surface area contributed by atoms with Crippen LogP contribution in [0.4, 0.5) is 0 Å². The third kappa shape index (κ3) is 18.6. The number of hydrazine groups is 2. The first-order chi connectivity index (χ1) is 50.6. The Labute approximate surface area is 688 Å². The molecule has 0 atom stereocenters. The molecule has 112 heavy (non-hydrogen) atoms. The lowest BCUT2D eigenvalue weighted by molar-refractivity contribution is -0.256.